The summed E-state index contributed by atoms with van der Waals surface area (Å²) in [5.74, 6) is 0.862. The summed E-state index contributed by atoms with van der Waals surface area (Å²) in [4.78, 5) is 21.7. The molecule has 0 atom stereocenters. The first-order valence-corrected chi connectivity index (χ1v) is 10.7. The summed E-state index contributed by atoms with van der Waals surface area (Å²) in [7, 11) is 3.24. The number of anilines is 1. The third-order valence-corrected chi connectivity index (χ3v) is 6.13. The Bertz CT molecular complexity index is 1240. The van der Waals surface area contributed by atoms with Gasteiger partial charge in [-0.25, -0.2) is 4.98 Å². The molecule has 2 aromatic heterocycles. The SMILES string of the molecule is COc1cccc(O)c1CN1CCN(c2c(C#N)c(=O)n(C)c3ccc(Br)nc23)CC1. The van der Waals surface area contributed by atoms with E-state index in [2.05, 4.69) is 36.8 Å². The molecule has 4 rings (SSSR count). The first kappa shape index (κ1) is 21.2. The van der Waals surface area contributed by atoms with Gasteiger partial charge in [-0.1, -0.05) is 6.07 Å². The minimum atomic E-state index is -0.324. The lowest BCUT2D eigenvalue weighted by Gasteiger charge is -2.37. The number of rotatable bonds is 4. The fourth-order valence-corrected chi connectivity index (χ4v) is 4.35. The number of hydrogen-bond acceptors (Lipinski definition) is 7. The molecule has 9 heteroatoms. The molecule has 1 aliphatic heterocycles. The van der Waals surface area contributed by atoms with Gasteiger partial charge in [-0.15, -0.1) is 0 Å². The van der Waals surface area contributed by atoms with Crippen molar-refractivity contribution in [3.63, 3.8) is 0 Å². The molecular formula is C22H22BrN5O3. The summed E-state index contributed by atoms with van der Waals surface area (Å²) < 4.78 is 7.51. The van der Waals surface area contributed by atoms with Crippen molar-refractivity contribution in [2.75, 3.05) is 38.2 Å². The number of aromatic hydroxyl groups is 1. The summed E-state index contributed by atoms with van der Waals surface area (Å²) in [5.41, 5.74) is 2.43. The number of pyridine rings is 2. The standard InChI is InChI=1S/C22H22BrN5O3/c1-26-16-6-7-19(23)25-20(16)21(14(12-24)22(26)30)28-10-8-27(9-11-28)13-15-17(29)4-3-5-18(15)31-2/h3-7,29H,8-11,13H2,1-2H3. The predicted octanol–water partition coefficient (Wildman–Crippen LogP) is 2.60. The zero-order valence-electron chi connectivity index (χ0n) is 17.3. The molecule has 0 bridgehead atoms. The van der Waals surface area contributed by atoms with Crippen molar-refractivity contribution in [1.29, 1.82) is 5.26 Å². The second-order valence-corrected chi connectivity index (χ2v) is 8.23. The van der Waals surface area contributed by atoms with Crippen LogP contribution in [0.1, 0.15) is 11.1 Å². The summed E-state index contributed by atoms with van der Waals surface area (Å²) in [6.07, 6.45) is 0. The van der Waals surface area contributed by atoms with Crippen LogP contribution >= 0.6 is 15.9 Å². The fourth-order valence-electron chi connectivity index (χ4n) is 4.04. The molecule has 0 aliphatic carbocycles. The molecule has 1 fully saturated rings. The Morgan fingerprint density at radius 1 is 1.23 bits per heavy atom. The Morgan fingerprint density at radius 3 is 2.65 bits per heavy atom. The maximum Gasteiger partial charge on any atom is 0.270 e. The van der Waals surface area contributed by atoms with Crippen molar-refractivity contribution < 1.29 is 9.84 Å². The Morgan fingerprint density at radius 2 is 1.97 bits per heavy atom. The molecule has 3 aromatic rings. The highest BCUT2D eigenvalue weighted by Gasteiger charge is 2.26. The van der Waals surface area contributed by atoms with E-state index in [0.29, 0.717) is 59.8 Å². The molecule has 1 aromatic carbocycles. The zero-order chi connectivity index (χ0) is 22.1. The fraction of sp³-hybridized carbons (Fsp3) is 0.318. The van der Waals surface area contributed by atoms with Gasteiger partial charge in [-0.2, -0.15) is 5.26 Å². The first-order chi connectivity index (χ1) is 14.9. The van der Waals surface area contributed by atoms with E-state index in [0.717, 1.165) is 5.56 Å². The first-order valence-electron chi connectivity index (χ1n) is 9.86. The van der Waals surface area contributed by atoms with Crippen molar-refractivity contribution in [3.8, 4) is 17.6 Å². The van der Waals surface area contributed by atoms with Crippen molar-refractivity contribution in [2.24, 2.45) is 7.05 Å². The minimum absolute atomic E-state index is 0.108. The van der Waals surface area contributed by atoms with Crippen molar-refractivity contribution in [2.45, 2.75) is 6.54 Å². The van der Waals surface area contributed by atoms with E-state index < -0.39 is 0 Å². The molecule has 8 nitrogen and oxygen atoms in total. The van der Waals surface area contributed by atoms with E-state index in [1.165, 1.54) is 4.57 Å². The zero-order valence-corrected chi connectivity index (χ0v) is 18.9. The number of aromatic nitrogens is 2. The van der Waals surface area contributed by atoms with E-state index in [9.17, 15) is 15.2 Å². The van der Waals surface area contributed by atoms with Gasteiger partial charge in [0, 0.05) is 45.3 Å². The summed E-state index contributed by atoms with van der Waals surface area (Å²) in [6.45, 7) is 3.21. The minimum Gasteiger partial charge on any atom is -0.507 e. The van der Waals surface area contributed by atoms with Crippen LogP contribution in [0.15, 0.2) is 39.7 Å². The highest BCUT2D eigenvalue weighted by atomic mass is 79.9. The molecule has 0 saturated carbocycles. The second-order valence-electron chi connectivity index (χ2n) is 7.42. The van der Waals surface area contributed by atoms with Gasteiger partial charge >= 0.3 is 0 Å². The molecule has 3 heterocycles. The smallest absolute Gasteiger partial charge is 0.270 e. The highest BCUT2D eigenvalue weighted by molar-refractivity contribution is 9.10. The van der Waals surface area contributed by atoms with Crippen molar-refractivity contribution in [3.05, 3.63) is 56.4 Å². The van der Waals surface area contributed by atoms with Crippen molar-refractivity contribution >= 4 is 32.7 Å². The number of methoxy groups -OCH3 is 1. The van der Waals surface area contributed by atoms with Gasteiger partial charge in [0.05, 0.1) is 18.3 Å². The third-order valence-electron chi connectivity index (χ3n) is 5.69. The number of ether oxygens (including phenoxy) is 1. The lowest BCUT2D eigenvalue weighted by molar-refractivity contribution is 0.242. The third kappa shape index (κ3) is 3.84. The van der Waals surface area contributed by atoms with Gasteiger partial charge in [-0.3, -0.25) is 9.69 Å². The van der Waals surface area contributed by atoms with Crippen molar-refractivity contribution in [1.82, 2.24) is 14.5 Å². The number of piperazine rings is 1. The van der Waals surface area contributed by atoms with E-state index in [1.54, 1.807) is 32.4 Å². The number of phenolic OH excluding ortho intramolecular Hbond substituents is 1. The van der Waals surface area contributed by atoms with E-state index >= 15 is 0 Å². The van der Waals surface area contributed by atoms with Crippen LogP contribution < -0.4 is 15.2 Å². The van der Waals surface area contributed by atoms with Gasteiger partial charge < -0.3 is 19.3 Å². The quantitative estimate of drug-likeness (QED) is 0.569. The number of phenols is 1. The summed E-state index contributed by atoms with van der Waals surface area (Å²) in [5, 5.41) is 20.0. The Hall–Kier alpha value is -3.09. The number of fused-ring (bicyclic) bond motifs is 1. The molecule has 1 N–H and O–H groups in total. The van der Waals surface area contributed by atoms with E-state index in [-0.39, 0.29) is 16.9 Å². The molecule has 1 saturated heterocycles. The van der Waals surface area contributed by atoms with Crippen LogP contribution in [0.4, 0.5) is 5.69 Å². The van der Waals surface area contributed by atoms with E-state index in [1.807, 2.05) is 12.1 Å². The lowest BCUT2D eigenvalue weighted by atomic mass is 10.1. The largest absolute Gasteiger partial charge is 0.507 e. The maximum atomic E-state index is 12.8. The number of nitriles is 1. The van der Waals surface area contributed by atoms with Gasteiger partial charge in [0.25, 0.3) is 5.56 Å². The maximum absolute atomic E-state index is 12.8. The highest BCUT2D eigenvalue weighted by Crippen LogP contribution is 2.31. The second kappa shape index (κ2) is 8.57. The van der Waals surface area contributed by atoms with Gasteiger partial charge in [-0.05, 0) is 40.2 Å². The monoisotopic (exact) mass is 483 g/mol. The Labute approximate surface area is 188 Å². The number of hydrogen-bond donors (Lipinski definition) is 1. The molecule has 31 heavy (non-hydrogen) atoms. The topological polar surface area (TPSA) is 94.6 Å². The van der Waals surface area contributed by atoms with Crippen LogP contribution in [0.2, 0.25) is 0 Å². The van der Waals surface area contributed by atoms with Gasteiger partial charge in [0.15, 0.2) is 0 Å². The number of nitrogens with zero attached hydrogens (tertiary/aromatic N) is 5. The molecule has 0 unspecified atom stereocenters. The van der Waals surface area contributed by atoms with Gasteiger partial charge in [0.2, 0.25) is 0 Å². The predicted molar refractivity (Wildman–Crippen MR) is 122 cm³/mol. The van der Waals surface area contributed by atoms with Crippen LogP contribution in [-0.2, 0) is 13.6 Å². The molecule has 0 amide bonds. The number of aryl methyl sites for hydroxylation is 1. The summed E-state index contributed by atoms with van der Waals surface area (Å²) in [6, 6.07) is 11.0. The average molecular weight is 484 g/mol. The number of benzene rings is 1. The van der Waals surface area contributed by atoms with Crippen LogP contribution in [0, 0.1) is 11.3 Å². The lowest BCUT2D eigenvalue weighted by Crippen LogP contribution is -2.47. The van der Waals surface area contributed by atoms with Crippen LogP contribution in [0.3, 0.4) is 0 Å². The normalized spacial score (nSPS) is 14.6. The summed E-state index contributed by atoms with van der Waals surface area (Å²) >= 11 is 3.40. The molecule has 1 aliphatic rings. The van der Waals surface area contributed by atoms with E-state index in [4.69, 9.17) is 4.74 Å². The number of halogens is 1. The average Bonchev–Trinajstić information content (AvgIpc) is 2.78. The molecule has 160 valence electrons. The molecule has 0 spiro atoms. The Kier molecular flexibility index (Phi) is 5.85. The van der Waals surface area contributed by atoms with Crippen LogP contribution in [-0.4, -0.2) is 52.8 Å². The van der Waals surface area contributed by atoms with Gasteiger partial charge in [0.1, 0.15) is 33.3 Å². The Balaban J connectivity index is 1.64. The molecular weight excluding hydrogens is 462 g/mol. The van der Waals surface area contributed by atoms with Crippen LogP contribution in [0.25, 0.3) is 11.0 Å². The van der Waals surface area contributed by atoms with Crippen LogP contribution in [0.5, 0.6) is 11.5 Å². The molecule has 0 radical (unpaired) electrons.